The van der Waals surface area contributed by atoms with Gasteiger partial charge in [0, 0.05) is 0 Å². The minimum absolute atomic E-state index is 0.00454. The molecule has 0 aliphatic carbocycles. The fourth-order valence-corrected chi connectivity index (χ4v) is 2.88. The second-order valence-electron chi connectivity index (χ2n) is 4.97. The summed E-state index contributed by atoms with van der Waals surface area (Å²) in [6.07, 6.45) is 2.49. The molecule has 104 valence electrons. The van der Waals surface area contributed by atoms with Gasteiger partial charge >= 0.3 is 0 Å². The number of carbonyl (C=O) groups is 1. The van der Waals surface area contributed by atoms with Gasteiger partial charge in [0.1, 0.15) is 0 Å². The number of phenolic OH excluding ortho intramolecular Hbond substituents is 1. The second-order valence-corrected chi connectivity index (χ2v) is 5.83. The van der Waals surface area contributed by atoms with Gasteiger partial charge in [0.2, 0.25) is 5.91 Å². The molecular weight excluding hydrogens is 308 g/mol. The molecule has 2 rings (SSSR count). The number of aromatic hydroxyl groups is 1. The van der Waals surface area contributed by atoms with Crippen molar-refractivity contribution < 1.29 is 9.90 Å². The van der Waals surface area contributed by atoms with Crippen molar-refractivity contribution in [2.75, 3.05) is 18.4 Å². The quantitative estimate of drug-likeness (QED) is 0.748. The lowest BCUT2D eigenvalue weighted by Gasteiger charge is -2.35. The maximum Gasteiger partial charge on any atom is 0.230 e. The number of phenols is 1. The van der Waals surface area contributed by atoms with E-state index in [4.69, 9.17) is 0 Å². The second kappa shape index (κ2) is 5.92. The summed E-state index contributed by atoms with van der Waals surface area (Å²) in [6.45, 7) is 3.78. The Morgan fingerprint density at radius 1 is 1.47 bits per heavy atom. The zero-order valence-electron chi connectivity index (χ0n) is 11.0. The van der Waals surface area contributed by atoms with Gasteiger partial charge in [-0.25, -0.2) is 0 Å². The van der Waals surface area contributed by atoms with Gasteiger partial charge in [-0.2, -0.15) is 0 Å². The van der Waals surface area contributed by atoms with Gasteiger partial charge < -0.3 is 15.7 Å². The zero-order chi connectivity index (χ0) is 13.9. The van der Waals surface area contributed by atoms with Gasteiger partial charge in [-0.3, -0.25) is 4.79 Å². The Kier molecular flexibility index (Phi) is 4.47. The van der Waals surface area contributed by atoms with Crippen LogP contribution in [0.2, 0.25) is 0 Å². The number of hydrogen-bond donors (Lipinski definition) is 3. The molecule has 4 nitrogen and oxygen atoms in total. The van der Waals surface area contributed by atoms with Gasteiger partial charge in [0.05, 0.1) is 15.6 Å². The highest BCUT2D eigenvalue weighted by Crippen LogP contribution is 2.37. The summed E-state index contributed by atoms with van der Waals surface area (Å²) in [7, 11) is 0. The van der Waals surface area contributed by atoms with Crippen molar-refractivity contribution in [1.82, 2.24) is 5.32 Å². The number of benzene rings is 1. The van der Waals surface area contributed by atoms with E-state index in [0.717, 1.165) is 32.4 Å². The minimum atomic E-state index is -0.319. The molecule has 3 N–H and O–H groups in total. The summed E-state index contributed by atoms with van der Waals surface area (Å²) in [5.74, 6) is 0.0842. The Balaban J connectivity index is 2.17. The number of nitrogens with one attached hydrogen (secondary N) is 2. The summed E-state index contributed by atoms with van der Waals surface area (Å²) in [5, 5.41) is 16.1. The Hall–Kier alpha value is -1.07. The molecule has 19 heavy (non-hydrogen) atoms. The molecule has 1 heterocycles. The first-order valence-corrected chi connectivity index (χ1v) is 7.38. The number of rotatable bonds is 3. The van der Waals surface area contributed by atoms with E-state index in [1.807, 2.05) is 6.92 Å². The predicted molar refractivity (Wildman–Crippen MR) is 79.3 cm³/mol. The molecule has 1 aromatic rings. The summed E-state index contributed by atoms with van der Waals surface area (Å²) in [6, 6.07) is 5.24. The van der Waals surface area contributed by atoms with E-state index >= 15 is 0 Å². The topological polar surface area (TPSA) is 61.4 Å². The van der Waals surface area contributed by atoms with E-state index in [1.165, 1.54) is 0 Å². The molecule has 0 spiro atoms. The molecule has 1 amide bonds. The monoisotopic (exact) mass is 326 g/mol. The Morgan fingerprint density at radius 3 is 2.79 bits per heavy atom. The number of amides is 1. The van der Waals surface area contributed by atoms with E-state index in [2.05, 4.69) is 26.6 Å². The highest BCUT2D eigenvalue weighted by atomic mass is 79.9. The zero-order valence-corrected chi connectivity index (χ0v) is 12.6. The van der Waals surface area contributed by atoms with Crippen LogP contribution in [0.15, 0.2) is 22.7 Å². The predicted octanol–water partition coefficient (Wildman–Crippen LogP) is 2.87. The summed E-state index contributed by atoms with van der Waals surface area (Å²) >= 11 is 3.25. The number of halogens is 1. The molecule has 1 aliphatic rings. The fourth-order valence-electron chi connectivity index (χ4n) is 2.52. The number of hydrogen-bond acceptors (Lipinski definition) is 3. The molecule has 5 heteroatoms. The molecule has 0 saturated carbocycles. The molecule has 0 radical (unpaired) electrons. The van der Waals surface area contributed by atoms with Crippen LogP contribution in [-0.4, -0.2) is 24.1 Å². The third-order valence-electron chi connectivity index (χ3n) is 3.95. The van der Waals surface area contributed by atoms with Crippen molar-refractivity contribution in [3.8, 4) is 5.75 Å². The molecule has 0 aromatic heterocycles. The van der Waals surface area contributed by atoms with Gasteiger partial charge in [0.15, 0.2) is 5.75 Å². The van der Waals surface area contributed by atoms with Crippen molar-refractivity contribution in [1.29, 1.82) is 0 Å². The lowest BCUT2D eigenvalue weighted by atomic mass is 9.76. The largest absolute Gasteiger partial charge is 0.505 e. The van der Waals surface area contributed by atoms with Crippen molar-refractivity contribution in [3.63, 3.8) is 0 Å². The van der Waals surface area contributed by atoms with Crippen molar-refractivity contribution in [2.24, 2.45) is 5.41 Å². The van der Waals surface area contributed by atoms with Gasteiger partial charge in [-0.05, 0) is 60.4 Å². The third-order valence-corrected chi connectivity index (χ3v) is 4.59. The number of para-hydroxylation sites is 1. The summed E-state index contributed by atoms with van der Waals surface area (Å²) in [4.78, 5) is 12.5. The van der Waals surface area contributed by atoms with Crippen LogP contribution in [0.5, 0.6) is 5.75 Å². The standard InChI is InChI=1S/C14H19BrN2O2/c1-2-14(6-8-16-9-7-14)13(19)17-11-5-3-4-10(15)12(11)18/h3-5,16,18H,2,6-9H2,1H3,(H,17,19). The average molecular weight is 327 g/mol. The van der Waals surface area contributed by atoms with Crippen LogP contribution in [0.3, 0.4) is 0 Å². The van der Waals surface area contributed by atoms with Gasteiger partial charge in [-0.15, -0.1) is 0 Å². The molecule has 0 atom stereocenters. The van der Waals surface area contributed by atoms with Crippen LogP contribution in [0.1, 0.15) is 26.2 Å². The normalized spacial score (nSPS) is 18.0. The molecular formula is C14H19BrN2O2. The van der Waals surface area contributed by atoms with Crippen molar-refractivity contribution in [3.05, 3.63) is 22.7 Å². The van der Waals surface area contributed by atoms with Crippen LogP contribution in [-0.2, 0) is 4.79 Å². The van der Waals surface area contributed by atoms with Crippen LogP contribution < -0.4 is 10.6 Å². The Labute approximate surface area is 121 Å². The lowest BCUT2D eigenvalue weighted by Crippen LogP contribution is -2.44. The first-order chi connectivity index (χ1) is 9.09. The Bertz CT molecular complexity index is 471. The molecule has 1 aromatic carbocycles. The highest BCUT2D eigenvalue weighted by Gasteiger charge is 2.37. The summed E-state index contributed by atoms with van der Waals surface area (Å²) < 4.78 is 0.584. The third kappa shape index (κ3) is 2.92. The lowest BCUT2D eigenvalue weighted by molar-refractivity contribution is -0.127. The van der Waals surface area contributed by atoms with Crippen LogP contribution >= 0.6 is 15.9 Å². The molecule has 1 aliphatic heterocycles. The van der Waals surface area contributed by atoms with Crippen LogP contribution in [0.25, 0.3) is 0 Å². The SMILES string of the molecule is CCC1(C(=O)Nc2cccc(Br)c2O)CCNCC1. The first-order valence-electron chi connectivity index (χ1n) is 6.59. The number of carbonyl (C=O) groups excluding carboxylic acids is 1. The first kappa shape index (κ1) is 14.3. The Morgan fingerprint density at radius 2 is 2.16 bits per heavy atom. The molecule has 0 bridgehead atoms. The molecule has 0 unspecified atom stereocenters. The van der Waals surface area contributed by atoms with Gasteiger partial charge in [0.25, 0.3) is 0 Å². The van der Waals surface area contributed by atoms with Gasteiger partial charge in [-0.1, -0.05) is 13.0 Å². The smallest absolute Gasteiger partial charge is 0.230 e. The average Bonchev–Trinajstić information content (AvgIpc) is 2.44. The maximum atomic E-state index is 12.5. The van der Waals surface area contributed by atoms with E-state index in [1.54, 1.807) is 18.2 Å². The van der Waals surface area contributed by atoms with E-state index in [9.17, 15) is 9.90 Å². The number of anilines is 1. The van der Waals surface area contributed by atoms with Crippen molar-refractivity contribution in [2.45, 2.75) is 26.2 Å². The molecule has 1 fully saturated rings. The van der Waals surface area contributed by atoms with Crippen LogP contribution in [0.4, 0.5) is 5.69 Å². The summed E-state index contributed by atoms with van der Waals surface area (Å²) in [5.41, 5.74) is 0.144. The van der Waals surface area contributed by atoms with Crippen LogP contribution in [0, 0.1) is 5.41 Å². The minimum Gasteiger partial charge on any atom is -0.505 e. The number of piperidine rings is 1. The van der Waals surface area contributed by atoms with E-state index < -0.39 is 0 Å². The maximum absolute atomic E-state index is 12.5. The highest BCUT2D eigenvalue weighted by molar-refractivity contribution is 9.10. The molecule has 1 saturated heterocycles. The van der Waals surface area contributed by atoms with E-state index in [-0.39, 0.29) is 17.1 Å². The van der Waals surface area contributed by atoms with Crippen molar-refractivity contribution >= 4 is 27.5 Å². The van der Waals surface area contributed by atoms with E-state index in [0.29, 0.717) is 10.2 Å². The fraction of sp³-hybridized carbons (Fsp3) is 0.500.